The largest absolute Gasteiger partial charge is 0.373 e. The summed E-state index contributed by atoms with van der Waals surface area (Å²) in [6, 6.07) is 0. The average Bonchev–Trinajstić information content (AvgIpc) is 1.81. The standard InChI is InChI=1S/C7H10N2O2S/c1-6-3-9(2)4-7(8-6)5-12(10)11/h4-5H,3H2,1-2H3. The first-order chi connectivity index (χ1) is 5.58. The summed E-state index contributed by atoms with van der Waals surface area (Å²) in [5.74, 6) is 0. The molecule has 1 aliphatic heterocycles. The van der Waals surface area contributed by atoms with Crippen molar-refractivity contribution in [2.24, 2.45) is 4.99 Å². The Morgan fingerprint density at radius 1 is 1.67 bits per heavy atom. The fourth-order valence-corrected chi connectivity index (χ4v) is 1.38. The summed E-state index contributed by atoms with van der Waals surface area (Å²) in [7, 11) is -0.295. The van der Waals surface area contributed by atoms with Gasteiger partial charge in [0.05, 0.1) is 17.6 Å². The van der Waals surface area contributed by atoms with Gasteiger partial charge in [-0.1, -0.05) is 0 Å². The molecule has 0 aromatic carbocycles. The Morgan fingerprint density at radius 3 is 2.83 bits per heavy atom. The summed E-state index contributed by atoms with van der Waals surface area (Å²) < 4.78 is 20.6. The SMILES string of the molecule is CC1=NC(C=S(=O)=O)=CN(C)C1. The van der Waals surface area contributed by atoms with Gasteiger partial charge in [-0.25, -0.2) is 0 Å². The van der Waals surface area contributed by atoms with Crippen molar-refractivity contribution >= 4 is 21.4 Å². The molecular weight excluding hydrogens is 176 g/mol. The predicted molar refractivity (Wildman–Crippen MR) is 48.8 cm³/mol. The van der Waals surface area contributed by atoms with E-state index < -0.39 is 10.3 Å². The highest BCUT2D eigenvalue weighted by Gasteiger charge is 2.04. The van der Waals surface area contributed by atoms with Crippen LogP contribution in [0.5, 0.6) is 0 Å². The Labute approximate surface area is 72.7 Å². The third kappa shape index (κ3) is 2.50. The number of rotatable bonds is 1. The van der Waals surface area contributed by atoms with Gasteiger partial charge in [-0.05, 0) is 6.92 Å². The van der Waals surface area contributed by atoms with Gasteiger partial charge in [0.15, 0.2) is 0 Å². The summed E-state index contributed by atoms with van der Waals surface area (Å²) in [4.78, 5) is 5.95. The quantitative estimate of drug-likeness (QED) is 0.538. The molecule has 12 heavy (non-hydrogen) atoms. The number of hydrogen-bond donors (Lipinski definition) is 0. The van der Waals surface area contributed by atoms with Crippen molar-refractivity contribution in [3.05, 3.63) is 11.9 Å². The smallest absolute Gasteiger partial charge is 0.216 e. The third-order valence-electron chi connectivity index (χ3n) is 1.37. The Balaban J connectivity index is 2.98. The second kappa shape index (κ2) is 3.53. The second-order valence-corrected chi connectivity index (χ2v) is 3.45. The number of nitrogens with zero attached hydrogens (tertiary/aromatic N) is 2. The van der Waals surface area contributed by atoms with Crippen LogP contribution in [0, 0.1) is 0 Å². The van der Waals surface area contributed by atoms with Crippen LogP contribution in [0.1, 0.15) is 6.92 Å². The molecule has 0 radical (unpaired) electrons. The molecule has 0 unspecified atom stereocenters. The van der Waals surface area contributed by atoms with Crippen LogP contribution >= 0.6 is 0 Å². The average molecular weight is 186 g/mol. The van der Waals surface area contributed by atoms with Crippen LogP contribution in [0.2, 0.25) is 0 Å². The van der Waals surface area contributed by atoms with Crippen molar-refractivity contribution in [3.8, 4) is 0 Å². The molecule has 0 amide bonds. The van der Waals surface area contributed by atoms with Crippen LogP contribution in [0.3, 0.4) is 0 Å². The van der Waals surface area contributed by atoms with E-state index in [1.54, 1.807) is 6.20 Å². The summed E-state index contributed by atoms with van der Waals surface area (Å²) in [5.41, 5.74) is 1.39. The van der Waals surface area contributed by atoms with E-state index >= 15 is 0 Å². The highest BCUT2D eigenvalue weighted by Crippen LogP contribution is 2.03. The maximum atomic E-state index is 10.3. The van der Waals surface area contributed by atoms with Crippen molar-refractivity contribution in [2.75, 3.05) is 13.6 Å². The molecule has 0 spiro atoms. The molecule has 0 aromatic heterocycles. The monoisotopic (exact) mass is 186 g/mol. The lowest BCUT2D eigenvalue weighted by atomic mass is 10.3. The van der Waals surface area contributed by atoms with E-state index in [0.717, 1.165) is 17.6 Å². The fraction of sp³-hybridized carbons (Fsp3) is 0.429. The van der Waals surface area contributed by atoms with Gasteiger partial charge in [0.25, 0.3) is 0 Å². The maximum Gasteiger partial charge on any atom is 0.216 e. The first-order valence-electron chi connectivity index (χ1n) is 3.47. The van der Waals surface area contributed by atoms with Crippen LogP contribution in [-0.4, -0.2) is 38.0 Å². The zero-order valence-corrected chi connectivity index (χ0v) is 7.80. The Kier molecular flexibility index (Phi) is 2.65. The van der Waals surface area contributed by atoms with Crippen LogP contribution < -0.4 is 0 Å². The normalized spacial score (nSPS) is 16.7. The Hall–Kier alpha value is -1.10. The van der Waals surface area contributed by atoms with Crippen molar-refractivity contribution < 1.29 is 8.42 Å². The Bertz CT molecular complexity index is 357. The summed E-state index contributed by atoms with van der Waals surface area (Å²) in [6.45, 7) is 2.62. The maximum absolute atomic E-state index is 10.3. The van der Waals surface area contributed by atoms with Gasteiger partial charge in [0.1, 0.15) is 0 Å². The van der Waals surface area contributed by atoms with E-state index in [4.69, 9.17) is 0 Å². The number of allylic oxidation sites excluding steroid dienone is 1. The molecule has 4 nitrogen and oxygen atoms in total. The van der Waals surface area contributed by atoms with Crippen LogP contribution in [0.25, 0.3) is 0 Å². The highest BCUT2D eigenvalue weighted by molar-refractivity contribution is 7.71. The first kappa shape index (κ1) is 8.99. The van der Waals surface area contributed by atoms with E-state index in [2.05, 4.69) is 4.99 Å². The lowest BCUT2D eigenvalue weighted by Gasteiger charge is -2.18. The van der Waals surface area contributed by atoms with Gasteiger partial charge in [-0.3, -0.25) is 4.99 Å². The minimum absolute atomic E-state index is 0.481. The lowest BCUT2D eigenvalue weighted by molar-refractivity contribution is 0.513. The lowest BCUT2D eigenvalue weighted by Crippen LogP contribution is -2.23. The summed E-state index contributed by atoms with van der Waals surface area (Å²) in [6.07, 6.45) is 1.70. The van der Waals surface area contributed by atoms with Crippen LogP contribution in [-0.2, 0) is 10.3 Å². The molecule has 1 rings (SSSR count). The first-order valence-corrected chi connectivity index (χ1v) is 4.61. The van der Waals surface area contributed by atoms with Gasteiger partial charge in [0.2, 0.25) is 10.3 Å². The van der Waals surface area contributed by atoms with Gasteiger partial charge in [0, 0.05) is 19.0 Å². The number of hydrogen-bond acceptors (Lipinski definition) is 4. The van der Waals surface area contributed by atoms with E-state index in [1.165, 1.54) is 0 Å². The predicted octanol–water partition coefficient (Wildman–Crippen LogP) is -0.0846. The second-order valence-electron chi connectivity index (χ2n) is 2.69. The molecule has 0 saturated carbocycles. The molecule has 1 aliphatic rings. The summed E-state index contributed by atoms with van der Waals surface area (Å²) in [5, 5.41) is 1.10. The van der Waals surface area contributed by atoms with Gasteiger partial charge in [-0.2, -0.15) is 8.42 Å². The fourth-order valence-electron chi connectivity index (χ4n) is 1.07. The molecule has 5 heteroatoms. The van der Waals surface area contributed by atoms with Crippen molar-refractivity contribution in [1.82, 2.24) is 4.90 Å². The molecule has 0 aliphatic carbocycles. The van der Waals surface area contributed by atoms with Crippen molar-refractivity contribution in [3.63, 3.8) is 0 Å². The van der Waals surface area contributed by atoms with Gasteiger partial charge in [-0.15, -0.1) is 0 Å². The molecule has 1 heterocycles. The minimum atomic E-state index is -2.17. The third-order valence-corrected chi connectivity index (χ3v) is 1.80. The topological polar surface area (TPSA) is 49.7 Å². The molecular formula is C7H10N2O2S. The summed E-state index contributed by atoms with van der Waals surface area (Å²) >= 11 is 0. The van der Waals surface area contributed by atoms with E-state index in [1.807, 2.05) is 18.9 Å². The minimum Gasteiger partial charge on any atom is -0.373 e. The van der Waals surface area contributed by atoms with E-state index in [0.29, 0.717) is 5.70 Å². The zero-order valence-electron chi connectivity index (χ0n) is 6.98. The van der Waals surface area contributed by atoms with Gasteiger partial charge >= 0.3 is 0 Å². The van der Waals surface area contributed by atoms with Crippen LogP contribution in [0.15, 0.2) is 16.9 Å². The zero-order chi connectivity index (χ0) is 9.14. The van der Waals surface area contributed by atoms with E-state index in [9.17, 15) is 8.42 Å². The Morgan fingerprint density at radius 2 is 2.33 bits per heavy atom. The molecule has 0 atom stereocenters. The van der Waals surface area contributed by atoms with Crippen molar-refractivity contribution in [2.45, 2.75) is 6.92 Å². The molecule has 0 fully saturated rings. The van der Waals surface area contributed by atoms with Crippen molar-refractivity contribution in [1.29, 1.82) is 0 Å². The number of aliphatic imine (C=N–C) groups is 1. The molecule has 0 bridgehead atoms. The van der Waals surface area contributed by atoms with Gasteiger partial charge < -0.3 is 4.90 Å². The molecule has 0 N–H and O–H groups in total. The molecule has 66 valence electrons. The molecule has 0 saturated heterocycles. The van der Waals surface area contributed by atoms with E-state index in [-0.39, 0.29) is 0 Å². The molecule has 0 aromatic rings. The van der Waals surface area contributed by atoms with Crippen LogP contribution in [0.4, 0.5) is 0 Å². The highest BCUT2D eigenvalue weighted by atomic mass is 32.2.